The molecular weight excluding hydrogens is 343 g/mol. The van der Waals surface area contributed by atoms with E-state index >= 15 is 0 Å². The molecule has 2 aromatic carbocycles. The number of rotatable bonds is 5. The van der Waals surface area contributed by atoms with E-state index in [4.69, 9.17) is 11.6 Å². The summed E-state index contributed by atoms with van der Waals surface area (Å²) < 4.78 is 12.9. The van der Waals surface area contributed by atoms with E-state index in [9.17, 15) is 9.18 Å². The lowest BCUT2D eigenvalue weighted by atomic mass is 10.2. The average molecular weight is 357 g/mol. The molecule has 0 saturated heterocycles. The van der Waals surface area contributed by atoms with Crippen LogP contribution in [0.5, 0.6) is 0 Å². The maximum absolute atomic E-state index is 12.9. The Bertz CT molecular complexity index is 869. The van der Waals surface area contributed by atoms with Gasteiger partial charge in [0.15, 0.2) is 0 Å². The van der Waals surface area contributed by atoms with Crippen molar-refractivity contribution in [2.75, 3.05) is 5.32 Å². The van der Waals surface area contributed by atoms with Gasteiger partial charge in [-0.1, -0.05) is 35.9 Å². The molecule has 126 valence electrons. The second kappa shape index (κ2) is 7.72. The first kappa shape index (κ1) is 16.9. The zero-order valence-electron chi connectivity index (χ0n) is 13.0. The van der Waals surface area contributed by atoms with Crippen molar-refractivity contribution in [1.82, 2.24) is 15.3 Å². The fraction of sp³-hybridized carbons (Fsp3) is 0.0556. The third-order valence-corrected chi connectivity index (χ3v) is 3.73. The minimum atomic E-state index is -0.315. The number of nitrogens with zero attached hydrogens (tertiary/aromatic N) is 2. The summed E-state index contributed by atoms with van der Waals surface area (Å²) >= 11 is 6.06. The number of hydrogen-bond acceptors (Lipinski definition) is 4. The number of nitrogens with one attached hydrogen (secondary N) is 2. The maximum Gasteiger partial charge on any atom is 0.254 e. The number of hydrogen-bond donors (Lipinski definition) is 2. The first-order valence-electron chi connectivity index (χ1n) is 7.48. The molecule has 0 atom stereocenters. The largest absolute Gasteiger partial charge is 0.348 e. The molecular formula is C18H14ClFN4O. The molecule has 0 radical (unpaired) electrons. The van der Waals surface area contributed by atoms with Crippen LogP contribution in [0.4, 0.5) is 16.0 Å². The van der Waals surface area contributed by atoms with Crippen molar-refractivity contribution in [3.63, 3.8) is 0 Å². The molecule has 0 unspecified atom stereocenters. The van der Waals surface area contributed by atoms with E-state index in [0.717, 1.165) is 5.56 Å². The van der Waals surface area contributed by atoms with Gasteiger partial charge in [-0.15, -0.1) is 0 Å². The van der Waals surface area contributed by atoms with Crippen molar-refractivity contribution in [2.45, 2.75) is 6.54 Å². The van der Waals surface area contributed by atoms with Crippen LogP contribution in [0.25, 0.3) is 0 Å². The number of benzene rings is 2. The molecule has 0 bridgehead atoms. The smallest absolute Gasteiger partial charge is 0.254 e. The van der Waals surface area contributed by atoms with Crippen LogP contribution in [0.2, 0.25) is 5.02 Å². The van der Waals surface area contributed by atoms with Gasteiger partial charge in [0.1, 0.15) is 5.82 Å². The Morgan fingerprint density at radius 1 is 1.04 bits per heavy atom. The van der Waals surface area contributed by atoms with Gasteiger partial charge in [0, 0.05) is 18.9 Å². The SMILES string of the molecule is O=C(NCc1ccc(F)cc1)c1cnc(Nc2ccccc2Cl)nc1. The fourth-order valence-electron chi connectivity index (χ4n) is 2.08. The molecule has 7 heteroatoms. The van der Waals surface area contributed by atoms with Crippen molar-refractivity contribution in [3.05, 3.63) is 82.9 Å². The monoisotopic (exact) mass is 356 g/mol. The number of halogens is 2. The van der Waals surface area contributed by atoms with Crippen LogP contribution >= 0.6 is 11.6 Å². The van der Waals surface area contributed by atoms with Crippen molar-refractivity contribution >= 4 is 29.1 Å². The van der Waals surface area contributed by atoms with Crippen LogP contribution in [-0.2, 0) is 6.54 Å². The van der Waals surface area contributed by atoms with Gasteiger partial charge in [0.05, 0.1) is 16.3 Å². The van der Waals surface area contributed by atoms with Crippen LogP contribution in [0, 0.1) is 5.82 Å². The van der Waals surface area contributed by atoms with E-state index in [1.807, 2.05) is 12.1 Å². The Labute approximate surface area is 148 Å². The molecule has 0 aliphatic carbocycles. The Hall–Kier alpha value is -2.99. The molecule has 0 saturated carbocycles. The summed E-state index contributed by atoms with van der Waals surface area (Å²) in [7, 11) is 0. The molecule has 0 spiro atoms. The molecule has 1 amide bonds. The standard InChI is InChI=1S/C18H14ClFN4O/c19-15-3-1-2-4-16(15)24-18-22-10-13(11-23-18)17(25)21-9-12-5-7-14(20)8-6-12/h1-8,10-11H,9H2,(H,21,25)(H,22,23,24). The Morgan fingerprint density at radius 3 is 2.40 bits per heavy atom. The van der Waals surface area contributed by atoms with Crippen molar-refractivity contribution in [1.29, 1.82) is 0 Å². The van der Waals surface area contributed by atoms with E-state index in [0.29, 0.717) is 28.8 Å². The van der Waals surface area contributed by atoms with Crippen LogP contribution in [0.15, 0.2) is 60.9 Å². The van der Waals surface area contributed by atoms with E-state index in [2.05, 4.69) is 20.6 Å². The highest BCUT2D eigenvalue weighted by molar-refractivity contribution is 6.33. The summed E-state index contributed by atoms with van der Waals surface area (Å²) in [5.74, 6) is -0.290. The second-order valence-electron chi connectivity index (χ2n) is 5.21. The average Bonchev–Trinajstić information content (AvgIpc) is 2.63. The molecule has 0 fully saturated rings. The number of anilines is 2. The lowest BCUT2D eigenvalue weighted by molar-refractivity contribution is 0.0950. The maximum atomic E-state index is 12.9. The van der Waals surface area contributed by atoms with Gasteiger partial charge in [-0.3, -0.25) is 4.79 Å². The second-order valence-corrected chi connectivity index (χ2v) is 5.62. The number of carbonyl (C=O) groups is 1. The number of amides is 1. The molecule has 3 aromatic rings. The van der Waals surface area contributed by atoms with Gasteiger partial charge in [-0.2, -0.15) is 0 Å². The molecule has 1 aromatic heterocycles. The Morgan fingerprint density at radius 2 is 1.72 bits per heavy atom. The molecule has 25 heavy (non-hydrogen) atoms. The van der Waals surface area contributed by atoms with Gasteiger partial charge in [-0.25, -0.2) is 14.4 Å². The van der Waals surface area contributed by atoms with Crippen molar-refractivity contribution < 1.29 is 9.18 Å². The summed E-state index contributed by atoms with van der Waals surface area (Å²) in [6.07, 6.45) is 2.85. The Kier molecular flexibility index (Phi) is 5.20. The van der Waals surface area contributed by atoms with Gasteiger partial charge in [0.25, 0.3) is 5.91 Å². The fourth-order valence-corrected chi connectivity index (χ4v) is 2.26. The minimum Gasteiger partial charge on any atom is -0.348 e. The highest BCUT2D eigenvalue weighted by atomic mass is 35.5. The van der Waals surface area contributed by atoms with Gasteiger partial charge in [-0.05, 0) is 29.8 Å². The lowest BCUT2D eigenvalue weighted by Gasteiger charge is -2.08. The third kappa shape index (κ3) is 4.51. The first-order chi connectivity index (χ1) is 12.1. The minimum absolute atomic E-state index is 0.290. The van der Waals surface area contributed by atoms with Crippen molar-refractivity contribution in [2.24, 2.45) is 0 Å². The topological polar surface area (TPSA) is 66.9 Å². The molecule has 3 rings (SSSR count). The lowest BCUT2D eigenvalue weighted by Crippen LogP contribution is -2.23. The Balaban J connectivity index is 1.60. The first-order valence-corrected chi connectivity index (χ1v) is 7.86. The normalized spacial score (nSPS) is 10.3. The predicted molar refractivity (Wildman–Crippen MR) is 94.3 cm³/mol. The predicted octanol–water partition coefficient (Wildman–Crippen LogP) is 3.94. The summed E-state index contributed by atoms with van der Waals surface area (Å²) in [6, 6.07) is 13.1. The van der Waals surface area contributed by atoms with Gasteiger partial charge >= 0.3 is 0 Å². The molecule has 0 aliphatic rings. The highest BCUT2D eigenvalue weighted by Crippen LogP contribution is 2.22. The molecule has 2 N–H and O–H groups in total. The number of carbonyl (C=O) groups excluding carboxylic acids is 1. The van der Waals surface area contributed by atoms with E-state index in [1.165, 1.54) is 24.5 Å². The highest BCUT2D eigenvalue weighted by Gasteiger charge is 2.08. The van der Waals surface area contributed by atoms with E-state index < -0.39 is 0 Å². The number of para-hydroxylation sites is 1. The summed E-state index contributed by atoms with van der Waals surface area (Å²) in [5, 5.41) is 6.26. The van der Waals surface area contributed by atoms with Crippen LogP contribution in [0.1, 0.15) is 15.9 Å². The van der Waals surface area contributed by atoms with Crippen LogP contribution < -0.4 is 10.6 Å². The molecule has 5 nitrogen and oxygen atoms in total. The van der Waals surface area contributed by atoms with Gasteiger partial charge in [0.2, 0.25) is 5.95 Å². The van der Waals surface area contributed by atoms with Crippen molar-refractivity contribution in [3.8, 4) is 0 Å². The van der Waals surface area contributed by atoms with Crippen LogP contribution in [0.3, 0.4) is 0 Å². The van der Waals surface area contributed by atoms with Crippen LogP contribution in [-0.4, -0.2) is 15.9 Å². The zero-order valence-corrected chi connectivity index (χ0v) is 13.8. The van der Waals surface area contributed by atoms with Gasteiger partial charge < -0.3 is 10.6 Å². The summed E-state index contributed by atoms with van der Waals surface area (Å²) in [6.45, 7) is 0.290. The third-order valence-electron chi connectivity index (χ3n) is 3.40. The zero-order chi connectivity index (χ0) is 17.6. The number of aromatic nitrogens is 2. The molecule has 1 heterocycles. The van der Waals surface area contributed by atoms with E-state index in [1.54, 1.807) is 24.3 Å². The van der Waals surface area contributed by atoms with E-state index in [-0.39, 0.29) is 11.7 Å². The quantitative estimate of drug-likeness (QED) is 0.726. The summed E-state index contributed by atoms with van der Waals surface area (Å²) in [4.78, 5) is 20.3. The molecule has 0 aliphatic heterocycles. The summed E-state index contributed by atoms with van der Waals surface area (Å²) in [5.41, 5.74) is 1.80.